The number of nitrogens with one attached hydrogen (secondary N) is 1. The van der Waals surface area contributed by atoms with Crippen LogP contribution in [0.4, 0.5) is 0 Å². The fraction of sp³-hybridized carbons (Fsp3) is 0.923. The minimum Gasteiger partial charge on any atom is -0.393 e. The summed E-state index contributed by atoms with van der Waals surface area (Å²) >= 11 is 0. The molecular weight excluding hydrogens is 216 g/mol. The quantitative estimate of drug-likeness (QED) is 0.750. The van der Waals surface area contributed by atoms with Gasteiger partial charge < -0.3 is 10.4 Å². The summed E-state index contributed by atoms with van der Waals surface area (Å²) in [4.78, 5) is 14.0. The predicted octanol–water partition coefficient (Wildman–Crippen LogP) is 0.890. The SMILES string of the molecule is CC(O)CC1CCCCN1CC(=O)NC1CC1. The van der Waals surface area contributed by atoms with Crippen LogP contribution in [0, 0.1) is 0 Å². The topological polar surface area (TPSA) is 52.6 Å². The highest BCUT2D eigenvalue weighted by Gasteiger charge is 2.28. The van der Waals surface area contributed by atoms with E-state index in [-0.39, 0.29) is 12.0 Å². The van der Waals surface area contributed by atoms with Crippen LogP contribution in [0.15, 0.2) is 0 Å². The first-order valence-corrected chi connectivity index (χ1v) is 6.86. The third-order valence-corrected chi connectivity index (χ3v) is 3.65. The van der Waals surface area contributed by atoms with Crippen LogP contribution in [-0.4, -0.2) is 47.2 Å². The highest BCUT2D eigenvalue weighted by Crippen LogP contribution is 2.21. The zero-order valence-corrected chi connectivity index (χ0v) is 10.7. The highest BCUT2D eigenvalue weighted by molar-refractivity contribution is 5.78. The second-order valence-electron chi connectivity index (χ2n) is 5.55. The molecule has 17 heavy (non-hydrogen) atoms. The Morgan fingerprint density at radius 2 is 2.18 bits per heavy atom. The molecule has 2 atom stereocenters. The Hall–Kier alpha value is -0.610. The minimum absolute atomic E-state index is 0.157. The van der Waals surface area contributed by atoms with Crippen LogP contribution in [0.5, 0.6) is 0 Å². The van der Waals surface area contributed by atoms with Crippen molar-refractivity contribution in [3.05, 3.63) is 0 Å². The molecule has 1 saturated heterocycles. The fourth-order valence-corrected chi connectivity index (χ4v) is 2.61. The van der Waals surface area contributed by atoms with E-state index in [9.17, 15) is 9.90 Å². The van der Waals surface area contributed by atoms with E-state index in [0.717, 1.165) is 32.2 Å². The number of likely N-dealkylation sites (tertiary alicyclic amines) is 1. The average Bonchev–Trinajstić information content (AvgIpc) is 3.04. The zero-order valence-electron chi connectivity index (χ0n) is 10.7. The molecule has 1 aliphatic carbocycles. The fourth-order valence-electron chi connectivity index (χ4n) is 2.61. The van der Waals surface area contributed by atoms with Crippen molar-refractivity contribution < 1.29 is 9.90 Å². The van der Waals surface area contributed by atoms with E-state index in [4.69, 9.17) is 0 Å². The number of aliphatic hydroxyl groups excluding tert-OH is 1. The van der Waals surface area contributed by atoms with Gasteiger partial charge in [-0.25, -0.2) is 0 Å². The number of hydrogen-bond donors (Lipinski definition) is 2. The first-order valence-electron chi connectivity index (χ1n) is 6.86. The minimum atomic E-state index is -0.271. The van der Waals surface area contributed by atoms with Crippen LogP contribution in [0.25, 0.3) is 0 Å². The first-order chi connectivity index (χ1) is 8.15. The molecule has 0 aromatic carbocycles. The molecule has 98 valence electrons. The second-order valence-corrected chi connectivity index (χ2v) is 5.55. The van der Waals surface area contributed by atoms with Gasteiger partial charge in [-0.1, -0.05) is 6.42 Å². The number of carbonyl (C=O) groups is 1. The van der Waals surface area contributed by atoms with E-state index in [2.05, 4.69) is 10.2 Å². The molecule has 1 aliphatic heterocycles. The van der Waals surface area contributed by atoms with Crippen LogP contribution in [0.1, 0.15) is 45.4 Å². The summed E-state index contributed by atoms with van der Waals surface area (Å²) in [5.74, 6) is 0.157. The molecule has 0 radical (unpaired) electrons. The van der Waals surface area contributed by atoms with Gasteiger partial charge in [0.05, 0.1) is 12.6 Å². The van der Waals surface area contributed by atoms with Crippen molar-refractivity contribution in [1.82, 2.24) is 10.2 Å². The maximum atomic E-state index is 11.8. The summed E-state index contributed by atoms with van der Waals surface area (Å²) in [6, 6.07) is 0.830. The molecule has 1 amide bonds. The summed E-state index contributed by atoms with van der Waals surface area (Å²) in [5.41, 5.74) is 0. The molecule has 4 heteroatoms. The van der Waals surface area contributed by atoms with Crippen molar-refractivity contribution in [2.24, 2.45) is 0 Å². The summed E-state index contributed by atoms with van der Waals surface area (Å²) < 4.78 is 0. The van der Waals surface area contributed by atoms with Gasteiger partial charge in [0, 0.05) is 12.1 Å². The maximum Gasteiger partial charge on any atom is 0.234 e. The predicted molar refractivity (Wildman–Crippen MR) is 66.7 cm³/mol. The molecule has 0 aromatic heterocycles. The van der Waals surface area contributed by atoms with Crippen molar-refractivity contribution in [2.75, 3.05) is 13.1 Å². The number of rotatable bonds is 5. The van der Waals surface area contributed by atoms with Gasteiger partial charge in [0.1, 0.15) is 0 Å². The number of hydrogen-bond acceptors (Lipinski definition) is 3. The lowest BCUT2D eigenvalue weighted by Crippen LogP contribution is -2.46. The van der Waals surface area contributed by atoms with Crippen molar-refractivity contribution in [1.29, 1.82) is 0 Å². The smallest absolute Gasteiger partial charge is 0.234 e. The largest absolute Gasteiger partial charge is 0.393 e. The number of amides is 1. The summed E-state index contributed by atoms with van der Waals surface area (Å²) in [6.07, 6.45) is 6.31. The molecule has 2 unspecified atom stereocenters. The lowest BCUT2D eigenvalue weighted by molar-refractivity contribution is -0.123. The number of carbonyl (C=O) groups excluding carboxylic acids is 1. The Balaban J connectivity index is 1.79. The lowest BCUT2D eigenvalue weighted by atomic mass is 9.97. The molecule has 1 saturated carbocycles. The molecule has 2 fully saturated rings. The molecule has 0 bridgehead atoms. The number of aliphatic hydroxyl groups is 1. The third-order valence-electron chi connectivity index (χ3n) is 3.65. The van der Waals surface area contributed by atoms with Gasteiger partial charge in [0.2, 0.25) is 5.91 Å². The maximum absolute atomic E-state index is 11.8. The van der Waals surface area contributed by atoms with Crippen LogP contribution in [0.3, 0.4) is 0 Å². The van der Waals surface area contributed by atoms with Gasteiger partial charge in [-0.2, -0.15) is 0 Å². The molecule has 1 heterocycles. The van der Waals surface area contributed by atoms with Gasteiger partial charge in [0.25, 0.3) is 0 Å². The number of piperidine rings is 1. The van der Waals surface area contributed by atoms with Gasteiger partial charge in [-0.15, -0.1) is 0 Å². The third kappa shape index (κ3) is 4.28. The summed E-state index contributed by atoms with van der Waals surface area (Å²) in [5, 5.41) is 12.5. The van der Waals surface area contributed by atoms with E-state index in [1.54, 1.807) is 0 Å². The van der Waals surface area contributed by atoms with Crippen molar-refractivity contribution in [2.45, 2.75) is 63.6 Å². The van der Waals surface area contributed by atoms with Gasteiger partial charge in [-0.3, -0.25) is 9.69 Å². The Morgan fingerprint density at radius 3 is 2.82 bits per heavy atom. The van der Waals surface area contributed by atoms with Gasteiger partial charge >= 0.3 is 0 Å². The molecule has 2 N–H and O–H groups in total. The first kappa shape index (κ1) is 12.8. The normalized spacial score (nSPS) is 27.8. The Morgan fingerprint density at radius 1 is 1.41 bits per heavy atom. The van der Waals surface area contributed by atoms with Crippen LogP contribution < -0.4 is 5.32 Å². The van der Waals surface area contributed by atoms with Crippen molar-refractivity contribution in [3.63, 3.8) is 0 Å². The molecule has 2 rings (SSSR count). The Kier molecular flexibility index (Phi) is 4.40. The van der Waals surface area contributed by atoms with Crippen LogP contribution in [-0.2, 0) is 4.79 Å². The Bertz CT molecular complexity index is 264. The second kappa shape index (κ2) is 5.83. The molecule has 4 nitrogen and oxygen atoms in total. The van der Waals surface area contributed by atoms with Crippen molar-refractivity contribution in [3.8, 4) is 0 Å². The summed E-state index contributed by atoms with van der Waals surface area (Å²) in [7, 11) is 0. The van der Waals surface area contributed by atoms with E-state index >= 15 is 0 Å². The van der Waals surface area contributed by atoms with Gasteiger partial charge in [0.15, 0.2) is 0 Å². The molecule has 2 aliphatic rings. The van der Waals surface area contributed by atoms with E-state index in [1.807, 2.05) is 6.92 Å². The van der Waals surface area contributed by atoms with E-state index < -0.39 is 0 Å². The van der Waals surface area contributed by atoms with Gasteiger partial charge in [-0.05, 0) is 45.6 Å². The zero-order chi connectivity index (χ0) is 12.3. The van der Waals surface area contributed by atoms with E-state index in [0.29, 0.717) is 18.6 Å². The highest BCUT2D eigenvalue weighted by atomic mass is 16.3. The average molecular weight is 240 g/mol. The monoisotopic (exact) mass is 240 g/mol. The standard InChI is InChI=1S/C13H24N2O2/c1-10(16)8-12-4-2-3-7-15(12)9-13(17)14-11-5-6-11/h10-12,16H,2-9H2,1H3,(H,14,17). The van der Waals surface area contributed by atoms with Crippen molar-refractivity contribution >= 4 is 5.91 Å². The molecule has 0 aromatic rings. The molecule has 0 spiro atoms. The lowest BCUT2D eigenvalue weighted by Gasteiger charge is -2.35. The summed E-state index contributed by atoms with van der Waals surface area (Å²) in [6.45, 7) is 3.33. The number of nitrogens with zero attached hydrogens (tertiary/aromatic N) is 1. The van der Waals surface area contributed by atoms with Crippen LogP contribution >= 0.6 is 0 Å². The molecular formula is C13H24N2O2. The Labute approximate surface area is 103 Å². The van der Waals surface area contributed by atoms with Crippen LogP contribution in [0.2, 0.25) is 0 Å². The van der Waals surface area contributed by atoms with E-state index in [1.165, 1.54) is 12.8 Å².